The lowest BCUT2D eigenvalue weighted by molar-refractivity contribution is -0.126. The Labute approximate surface area is 126 Å². The number of fused-ring (bicyclic) bond motifs is 1. The molecule has 1 aliphatic carbocycles. The van der Waals surface area contributed by atoms with Gasteiger partial charge in [0.1, 0.15) is 0 Å². The molecule has 20 heavy (non-hydrogen) atoms. The van der Waals surface area contributed by atoms with E-state index in [2.05, 4.69) is 10.6 Å². The number of likely N-dealkylation sites (tertiary alicyclic amines) is 1. The quantitative estimate of drug-likeness (QED) is 0.788. The van der Waals surface area contributed by atoms with Crippen molar-refractivity contribution >= 4 is 24.2 Å². The highest BCUT2D eigenvalue weighted by Crippen LogP contribution is 2.33. The van der Waals surface area contributed by atoms with Gasteiger partial charge >= 0.3 is 0 Å². The maximum absolute atomic E-state index is 12.3. The Morgan fingerprint density at radius 1 is 1.35 bits per heavy atom. The van der Waals surface area contributed by atoms with Crippen molar-refractivity contribution in [2.75, 3.05) is 13.6 Å². The van der Waals surface area contributed by atoms with E-state index in [0.29, 0.717) is 24.9 Å². The third-order valence-electron chi connectivity index (χ3n) is 4.87. The number of carbonyl (C=O) groups is 2. The highest BCUT2D eigenvalue weighted by Gasteiger charge is 2.39. The lowest BCUT2D eigenvalue weighted by Gasteiger charge is -2.24. The van der Waals surface area contributed by atoms with Crippen molar-refractivity contribution in [2.24, 2.45) is 5.92 Å². The topological polar surface area (TPSA) is 61.4 Å². The van der Waals surface area contributed by atoms with Gasteiger partial charge in [-0.15, -0.1) is 12.4 Å². The summed E-state index contributed by atoms with van der Waals surface area (Å²) in [6, 6.07) is 0.487. The summed E-state index contributed by atoms with van der Waals surface area (Å²) in [5, 5.41) is 6.51. The minimum atomic E-state index is -0.0471. The molecule has 2 N–H and O–H groups in total. The summed E-state index contributed by atoms with van der Waals surface area (Å²) in [6.45, 7) is 0.643. The normalized spacial score (nSPS) is 36.5. The molecule has 4 unspecified atom stereocenters. The molecule has 1 saturated carbocycles. The monoisotopic (exact) mass is 301 g/mol. The summed E-state index contributed by atoms with van der Waals surface area (Å²) >= 11 is 0. The smallest absolute Gasteiger partial charge is 0.237 e. The van der Waals surface area contributed by atoms with E-state index in [1.54, 1.807) is 11.9 Å². The van der Waals surface area contributed by atoms with Crippen LogP contribution in [0.25, 0.3) is 0 Å². The minimum absolute atomic E-state index is 0. The molecule has 0 bridgehead atoms. The van der Waals surface area contributed by atoms with E-state index in [4.69, 9.17) is 0 Å². The molecule has 2 saturated heterocycles. The zero-order chi connectivity index (χ0) is 13.4. The molecule has 2 amide bonds. The third kappa shape index (κ3) is 3.09. The predicted octanol–water partition coefficient (Wildman–Crippen LogP) is 0.676. The van der Waals surface area contributed by atoms with Gasteiger partial charge in [0.25, 0.3) is 0 Å². The fraction of sp³-hybridized carbons (Fsp3) is 0.857. The van der Waals surface area contributed by atoms with Gasteiger partial charge in [-0.25, -0.2) is 0 Å². The number of hydrogen-bond acceptors (Lipinski definition) is 3. The number of amides is 2. The van der Waals surface area contributed by atoms with E-state index in [-0.39, 0.29) is 36.3 Å². The summed E-state index contributed by atoms with van der Waals surface area (Å²) in [5.41, 5.74) is 0. The number of rotatable bonds is 2. The van der Waals surface area contributed by atoms with Gasteiger partial charge in [-0.05, 0) is 25.2 Å². The molecule has 4 atom stereocenters. The molecular formula is C14H24ClN3O2. The molecule has 3 rings (SSSR count). The number of halogens is 1. The van der Waals surface area contributed by atoms with Crippen molar-refractivity contribution in [1.82, 2.24) is 15.5 Å². The summed E-state index contributed by atoms with van der Waals surface area (Å²) in [4.78, 5) is 25.4. The molecule has 0 aromatic rings. The van der Waals surface area contributed by atoms with Crippen molar-refractivity contribution in [1.29, 1.82) is 0 Å². The Bertz CT molecular complexity index is 377. The van der Waals surface area contributed by atoms with Crippen LogP contribution in [-0.4, -0.2) is 48.4 Å². The van der Waals surface area contributed by atoms with E-state index >= 15 is 0 Å². The molecule has 5 nitrogen and oxygen atoms in total. The van der Waals surface area contributed by atoms with Crippen LogP contribution in [0.4, 0.5) is 0 Å². The lowest BCUT2D eigenvalue weighted by atomic mass is 9.85. The van der Waals surface area contributed by atoms with Crippen molar-refractivity contribution < 1.29 is 9.59 Å². The first kappa shape index (κ1) is 15.6. The Kier molecular flexibility index (Phi) is 4.91. The number of hydrogen-bond donors (Lipinski definition) is 2. The highest BCUT2D eigenvalue weighted by molar-refractivity contribution is 5.85. The molecular weight excluding hydrogens is 278 g/mol. The molecule has 0 spiro atoms. The van der Waals surface area contributed by atoms with Crippen LogP contribution in [0.5, 0.6) is 0 Å². The Morgan fingerprint density at radius 2 is 2.10 bits per heavy atom. The SMILES string of the molecule is CN1CC(NC(=O)C2CC3CCCCC3N2)CC1=O.Cl. The molecule has 2 heterocycles. The number of likely N-dealkylation sites (N-methyl/N-ethyl adjacent to an activating group) is 1. The fourth-order valence-corrected chi connectivity index (χ4v) is 3.78. The average Bonchev–Trinajstić information content (AvgIpc) is 2.93. The zero-order valence-corrected chi connectivity index (χ0v) is 12.7. The Morgan fingerprint density at radius 3 is 2.75 bits per heavy atom. The van der Waals surface area contributed by atoms with Gasteiger partial charge in [-0.1, -0.05) is 12.8 Å². The molecule has 3 aliphatic rings. The Balaban J connectivity index is 0.00000147. The van der Waals surface area contributed by atoms with E-state index in [1.807, 2.05) is 0 Å². The van der Waals surface area contributed by atoms with Gasteiger partial charge in [0.05, 0.1) is 12.1 Å². The summed E-state index contributed by atoms with van der Waals surface area (Å²) in [7, 11) is 1.79. The van der Waals surface area contributed by atoms with Crippen LogP contribution in [0.1, 0.15) is 38.5 Å². The van der Waals surface area contributed by atoms with Crippen LogP contribution < -0.4 is 10.6 Å². The van der Waals surface area contributed by atoms with Crippen molar-refractivity contribution in [3.05, 3.63) is 0 Å². The van der Waals surface area contributed by atoms with Gasteiger partial charge in [0, 0.05) is 26.1 Å². The number of carbonyl (C=O) groups excluding carboxylic acids is 2. The van der Waals surface area contributed by atoms with Gasteiger partial charge in [0.2, 0.25) is 11.8 Å². The fourth-order valence-electron chi connectivity index (χ4n) is 3.78. The maximum Gasteiger partial charge on any atom is 0.237 e. The molecule has 6 heteroatoms. The Hall–Kier alpha value is -0.810. The van der Waals surface area contributed by atoms with Gasteiger partial charge in [0.15, 0.2) is 0 Å². The molecule has 0 aromatic heterocycles. The molecule has 0 aromatic carbocycles. The second kappa shape index (κ2) is 6.31. The van der Waals surface area contributed by atoms with E-state index in [9.17, 15) is 9.59 Å². The van der Waals surface area contributed by atoms with E-state index < -0.39 is 0 Å². The van der Waals surface area contributed by atoms with E-state index in [1.165, 1.54) is 25.7 Å². The summed E-state index contributed by atoms with van der Waals surface area (Å²) in [6.07, 6.45) is 6.46. The molecule has 114 valence electrons. The van der Waals surface area contributed by atoms with Crippen LogP contribution in [0.3, 0.4) is 0 Å². The maximum atomic E-state index is 12.3. The van der Waals surface area contributed by atoms with E-state index in [0.717, 1.165) is 6.42 Å². The van der Waals surface area contributed by atoms with Crippen LogP contribution in [0.15, 0.2) is 0 Å². The minimum Gasteiger partial charge on any atom is -0.350 e. The van der Waals surface area contributed by atoms with Gasteiger partial charge in [-0.3, -0.25) is 9.59 Å². The van der Waals surface area contributed by atoms with Crippen LogP contribution in [-0.2, 0) is 9.59 Å². The van der Waals surface area contributed by atoms with Crippen molar-refractivity contribution in [3.63, 3.8) is 0 Å². The molecule has 0 radical (unpaired) electrons. The van der Waals surface area contributed by atoms with Crippen LogP contribution in [0, 0.1) is 5.92 Å². The lowest BCUT2D eigenvalue weighted by Crippen LogP contribution is -2.47. The number of nitrogens with zero attached hydrogens (tertiary/aromatic N) is 1. The third-order valence-corrected chi connectivity index (χ3v) is 4.87. The van der Waals surface area contributed by atoms with Gasteiger partial charge in [-0.2, -0.15) is 0 Å². The predicted molar refractivity (Wildman–Crippen MR) is 78.7 cm³/mol. The molecule has 2 aliphatic heterocycles. The first-order chi connectivity index (χ1) is 9.13. The summed E-state index contributed by atoms with van der Waals surface area (Å²) < 4.78 is 0. The van der Waals surface area contributed by atoms with Gasteiger partial charge < -0.3 is 15.5 Å². The van der Waals surface area contributed by atoms with Crippen LogP contribution >= 0.6 is 12.4 Å². The van der Waals surface area contributed by atoms with Crippen LogP contribution in [0.2, 0.25) is 0 Å². The molecule has 3 fully saturated rings. The van der Waals surface area contributed by atoms with Crippen molar-refractivity contribution in [3.8, 4) is 0 Å². The standard InChI is InChI=1S/C14H23N3O2.ClH/c1-17-8-10(7-13(17)18)15-14(19)12-6-9-4-2-3-5-11(9)16-12;/h9-12,16H,2-8H2,1H3,(H,15,19);1H. The summed E-state index contributed by atoms with van der Waals surface area (Å²) in [5.74, 6) is 0.887. The second-order valence-corrected chi connectivity index (χ2v) is 6.29. The number of nitrogens with one attached hydrogen (secondary N) is 2. The average molecular weight is 302 g/mol. The van der Waals surface area contributed by atoms with Crippen molar-refractivity contribution in [2.45, 2.75) is 56.7 Å². The second-order valence-electron chi connectivity index (χ2n) is 6.29. The first-order valence-electron chi connectivity index (χ1n) is 7.44. The zero-order valence-electron chi connectivity index (χ0n) is 11.9. The first-order valence-corrected chi connectivity index (χ1v) is 7.44. The largest absolute Gasteiger partial charge is 0.350 e. The highest BCUT2D eigenvalue weighted by atomic mass is 35.5.